The highest BCUT2D eigenvalue weighted by Gasteiger charge is 2.19. The second-order valence-electron chi connectivity index (χ2n) is 16.7. The van der Waals surface area contributed by atoms with Crippen LogP contribution >= 0.6 is 0 Å². The lowest BCUT2D eigenvalue weighted by Gasteiger charge is -2.18. The highest BCUT2D eigenvalue weighted by atomic mass is 16.6. The molecular weight excluding hydrogens is 745 g/mol. The molecule has 0 bridgehead atoms. The lowest BCUT2D eigenvalue weighted by molar-refractivity contribution is -0.167. The Balaban J connectivity index is 4.39. The van der Waals surface area contributed by atoms with Crippen molar-refractivity contribution in [2.75, 3.05) is 13.2 Å². The lowest BCUT2D eigenvalue weighted by atomic mass is 10.1. The summed E-state index contributed by atoms with van der Waals surface area (Å²) in [4.78, 5) is 37.9. The molecular formula is C54H94O6. The zero-order valence-corrected chi connectivity index (χ0v) is 39.5. The van der Waals surface area contributed by atoms with Gasteiger partial charge in [0.05, 0.1) is 0 Å². The Morgan fingerprint density at radius 1 is 0.350 bits per heavy atom. The molecule has 0 saturated carbocycles. The number of carbonyl (C=O) groups is 3. The molecule has 0 aliphatic carbocycles. The monoisotopic (exact) mass is 839 g/mol. The molecule has 60 heavy (non-hydrogen) atoms. The van der Waals surface area contributed by atoms with Gasteiger partial charge in [-0.15, -0.1) is 0 Å². The molecule has 0 aromatic carbocycles. The van der Waals surface area contributed by atoms with Crippen molar-refractivity contribution in [3.8, 4) is 0 Å². The Morgan fingerprint density at radius 3 is 1.08 bits per heavy atom. The first-order valence-corrected chi connectivity index (χ1v) is 25.3. The van der Waals surface area contributed by atoms with E-state index in [4.69, 9.17) is 14.2 Å². The summed E-state index contributed by atoms with van der Waals surface area (Å²) in [5.41, 5.74) is 0. The molecule has 0 rings (SSSR count). The number of carbonyl (C=O) groups excluding carboxylic acids is 3. The van der Waals surface area contributed by atoms with Crippen LogP contribution in [-0.4, -0.2) is 37.2 Å². The summed E-state index contributed by atoms with van der Waals surface area (Å²) in [6.07, 6.45) is 59.1. The van der Waals surface area contributed by atoms with Gasteiger partial charge in [-0.3, -0.25) is 14.4 Å². The number of allylic oxidation sites excluding steroid dienone is 10. The zero-order valence-electron chi connectivity index (χ0n) is 39.5. The minimum atomic E-state index is -0.783. The highest BCUT2D eigenvalue weighted by Crippen LogP contribution is 2.14. The molecule has 6 heteroatoms. The zero-order chi connectivity index (χ0) is 43.7. The SMILES string of the molecule is CC/C=C\C/C=C\C/C=C\CCCCCCCCC(=O)OCC(COC(=O)CCCCCCC/C=C\CCCC)OC(=O)CCCCCCCCC/C=C\CCCCCC. The molecule has 1 atom stereocenters. The Hall–Kier alpha value is -2.89. The number of hydrogen-bond donors (Lipinski definition) is 0. The quantitative estimate of drug-likeness (QED) is 0.0263. The second-order valence-corrected chi connectivity index (χ2v) is 16.7. The molecule has 0 aliphatic rings. The summed E-state index contributed by atoms with van der Waals surface area (Å²) in [6, 6.07) is 0. The van der Waals surface area contributed by atoms with Gasteiger partial charge < -0.3 is 14.2 Å². The van der Waals surface area contributed by atoms with Crippen molar-refractivity contribution in [1.29, 1.82) is 0 Å². The minimum absolute atomic E-state index is 0.0845. The first-order chi connectivity index (χ1) is 29.5. The molecule has 0 amide bonds. The van der Waals surface area contributed by atoms with Crippen LogP contribution in [0.25, 0.3) is 0 Å². The van der Waals surface area contributed by atoms with Gasteiger partial charge in [0.25, 0.3) is 0 Å². The number of rotatable bonds is 45. The average Bonchev–Trinajstić information content (AvgIpc) is 3.24. The molecule has 346 valence electrons. The van der Waals surface area contributed by atoms with Crippen LogP contribution in [0.2, 0.25) is 0 Å². The molecule has 0 radical (unpaired) electrons. The van der Waals surface area contributed by atoms with Gasteiger partial charge in [-0.2, -0.15) is 0 Å². The first kappa shape index (κ1) is 57.1. The van der Waals surface area contributed by atoms with Crippen LogP contribution in [0.15, 0.2) is 60.8 Å². The molecule has 1 unspecified atom stereocenters. The fraction of sp³-hybridized carbons (Fsp3) is 0.759. The molecule has 0 heterocycles. The Bertz CT molecular complexity index is 1100. The van der Waals surface area contributed by atoms with Crippen molar-refractivity contribution in [3.05, 3.63) is 60.8 Å². The maximum Gasteiger partial charge on any atom is 0.306 e. The number of esters is 3. The van der Waals surface area contributed by atoms with Crippen molar-refractivity contribution in [1.82, 2.24) is 0 Å². The predicted octanol–water partition coefficient (Wildman–Crippen LogP) is 16.5. The summed E-state index contributed by atoms with van der Waals surface area (Å²) in [5, 5.41) is 0. The lowest BCUT2D eigenvalue weighted by Crippen LogP contribution is -2.30. The molecule has 0 aromatic heterocycles. The minimum Gasteiger partial charge on any atom is -0.462 e. The maximum absolute atomic E-state index is 12.8. The Kier molecular flexibility index (Phi) is 46.4. The molecule has 6 nitrogen and oxygen atoms in total. The van der Waals surface area contributed by atoms with Gasteiger partial charge in [-0.05, 0) is 96.3 Å². The van der Waals surface area contributed by atoms with Crippen molar-refractivity contribution in [2.24, 2.45) is 0 Å². The van der Waals surface area contributed by atoms with Gasteiger partial charge >= 0.3 is 17.9 Å². The normalized spacial score (nSPS) is 12.5. The number of unbranched alkanes of at least 4 members (excludes halogenated alkanes) is 24. The van der Waals surface area contributed by atoms with E-state index in [0.717, 1.165) is 89.9 Å². The molecule has 0 aromatic rings. The van der Waals surface area contributed by atoms with Crippen LogP contribution in [0.5, 0.6) is 0 Å². The predicted molar refractivity (Wildman–Crippen MR) is 256 cm³/mol. The van der Waals surface area contributed by atoms with E-state index in [1.807, 2.05) is 0 Å². The third-order valence-electron chi connectivity index (χ3n) is 10.7. The standard InChI is InChI=1S/C54H94O6/c1-4-7-10-13-16-19-22-24-26-28-29-32-35-38-41-44-47-53(56)59-50-51(49-58-52(55)46-43-40-37-34-31-21-18-15-12-9-6-3)60-54(57)48-45-42-39-36-33-30-27-25-23-20-17-14-11-8-5-2/h7,10,15-16,18-20,23-24,26,51H,4-6,8-9,11-14,17,21-22,25,27-50H2,1-3H3/b10-7-,18-15-,19-16-,23-20-,26-24-. The summed E-state index contributed by atoms with van der Waals surface area (Å²) in [5.74, 6) is -0.909. The molecule has 0 fully saturated rings. The van der Waals surface area contributed by atoms with Gasteiger partial charge in [0.15, 0.2) is 6.10 Å². The largest absolute Gasteiger partial charge is 0.462 e. The molecule has 0 spiro atoms. The fourth-order valence-corrected chi connectivity index (χ4v) is 6.90. The van der Waals surface area contributed by atoms with Gasteiger partial charge in [-0.1, -0.05) is 191 Å². The fourth-order valence-electron chi connectivity index (χ4n) is 6.90. The third-order valence-corrected chi connectivity index (χ3v) is 10.7. The Labute approximate surface area is 370 Å². The molecule has 0 N–H and O–H groups in total. The Morgan fingerprint density at radius 2 is 0.667 bits per heavy atom. The average molecular weight is 839 g/mol. The van der Waals surface area contributed by atoms with E-state index in [9.17, 15) is 14.4 Å². The first-order valence-electron chi connectivity index (χ1n) is 25.3. The van der Waals surface area contributed by atoms with E-state index in [0.29, 0.717) is 19.3 Å². The van der Waals surface area contributed by atoms with E-state index < -0.39 is 6.10 Å². The smallest absolute Gasteiger partial charge is 0.306 e. The number of hydrogen-bond acceptors (Lipinski definition) is 6. The van der Waals surface area contributed by atoms with Gasteiger partial charge in [-0.25, -0.2) is 0 Å². The van der Waals surface area contributed by atoms with Crippen LogP contribution in [-0.2, 0) is 28.6 Å². The van der Waals surface area contributed by atoms with Crippen molar-refractivity contribution < 1.29 is 28.6 Å². The third kappa shape index (κ3) is 46.2. The topological polar surface area (TPSA) is 78.9 Å². The van der Waals surface area contributed by atoms with E-state index >= 15 is 0 Å². The summed E-state index contributed by atoms with van der Waals surface area (Å²) in [6.45, 7) is 6.46. The van der Waals surface area contributed by atoms with Gasteiger partial charge in [0, 0.05) is 19.3 Å². The van der Waals surface area contributed by atoms with E-state index in [1.54, 1.807) is 0 Å². The highest BCUT2D eigenvalue weighted by molar-refractivity contribution is 5.71. The van der Waals surface area contributed by atoms with Crippen LogP contribution in [0.4, 0.5) is 0 Å². The van der Waals surface area contributed by atoms with E-state index in [-0.39, 0.29) is 31.1 Å². The van der Waals surface area contributed by atoms with Gasteiger partial charge in [0.2, 0.25) is 0 Å². The second kappa shape index (κ2) is 48.8. The van der Waals surface area contributed by atoms with Crippen LogP contribution in [0.3, 0.4) is 0 Å². The molecule has 0 saturated heterocycles. The maximum atomic E-state index is 12.8. The van der Waals surface area contributed by atoms with Crippen LogP contribution in [0.1, 0.15) is 245 Å². The summed E-state index contributed by atoms with van der Waals surface area (Å²) in [7, 11) is 0. The van der Waals surface area contributed by atoms with E-state index in [1.165, 1.54) is 116 Å². The van der Waals surface area contributed by atoms with Gasteiger partial charge in [0.1, 0.15) is 13.2 Å². The molecule has 0 aliphatic heterocycles. The van der Waals surface area contributed by atoms with Crippen LogP contribution < -0.4 is 0 Å². The number of ether oxygens (including phenoxy) is 3. The summed E-state index contributed by atoms with van der Waals surface area (Å²) < 4.78 is 16.8. The summed E-state index contributed by atoms with van der Waals surface area (Å²) >= 11 is 0. The van der Waals surface area contributed by atoms with Crippen molar-refractivity contribution in [2.45, 2.75) is 252 Å². The van der Waals surface area contributed by atoms with Crippen LogP contribution in [0, 0.1) is 0 Å². The van der Waals surface area contributed by atoms with Crippen molar-refractivity contribution in [3.63, 3.8) is 0 Å². The van der Waals surface area contributed by atoms with Crippen molar-refractivity contribution >= 4 is 17.9 Å². The van der Waals surface area contributed by atoms with E-state index in [2.05, 4.69) is 81.5 Å².